The van der Waals surface area contributed by atoms with Gasteiger partial charge >= 0.3 is 0 Å². The molecule has 5 aromatic heterocycles. The van der Waals surface area contributed by atoms with Crippen LogP contribution < -0.4 is 0 Å². The maximum Gasteiger partial charge on any atom is 0.238 e. The fourth-order valence-corrected chi connectivity index (χ4v) is 8.61. The van der Waals surface area contributed by atoms with Gasteiger partial charge in [-0.1, -0.05) is 164 Å². The van der Waals surface area contributed by atoms with Gasteiger partial charge in [-0.25, -0.2) is 9.97 Å². The number of para-hydroxylation sites is 1. The Bertz CT molecular complexity index is 3260. The second-order valence-electron chi connectivity index (χ2n) is 15.0. The van der Waals surface area contributed by atoms with E-state index in [9.17, 15) is 0 Å². The SMILES string of the molecule is c1ccc(-c2nc(-c3ccccc3)nc(-n3c4ccccc4c4c(-c5cccc6c5c5cnccc5n6-c5nc(-c6ccccc6)nc(-c6ccccc6)n5)cccc43)n2)cc1. The predicted octanol–water partition coefficient (Wildman–Crippen LogP) is 12.0. The van der Waals surface area contributed by atoms with Gasteiger partial charge in [0.15, 0.2) is 23.3 Å². The van der Waals surface area contributed by atoms with Crippen molar-refractivity contribution in [3.8, 4) is 68.6 Å². The summed E-state index contributed by atoms with van der Waals surface area (Å²) < 4.78 is 4.31. The summed E-state index contributed by atoms with van der Waals surface area (Å²) in [6, 6.07) is 63.7. The Hall–Kier alpha value is -8.69. The number of benzene rings is 7. The van der Waals surface area contributed by atoms with Crippen molar-refractivity contribution >= 4 is 43.6 Å². The molecular weight excluding hydrogens is 763 g/mol. The summed E-state index contributed by atoms with van der Waals surface area (Å²) in [6.07, 6.45) is 3.77. The third kappa shape index (κ3) is 5.83. The van der Waals surface area contributed by atoms with Gasteiger partial charge in [0.25, 0.3) is 0 Å². The summed E-state index contributed by atoms with van der Waals surface area (Å²) in [5, 5.41) is 4.19. The van der Waals surface area contributed by atoms with E-state index in [4.69, 9.17) is 29.9 Å². The maximum absolute atomic E-state index is 5.17. The molecule has 0 spiro atoms. The molecule has 290 valence electrons. The molecule has 0 saturated carbocycles. The number of aromatic nitrogens is 9. The predicted molar refractivity (Wildman–Crippen MR) is 247 cm³/mol. The molecule has 0 atom stereocenters. The van der Waals surface area contributed by atoms with E-state index in [1.165, 1.54) is 0 Å². The van der Waals surface area contributed by atoms with E-state index in [0.29, 0.717) is 35.2 Å². The van der Waals surface area contributed by atoms with Crippen molar-refractivity contribution in [2.75, 3.05) is 0 Å². The largest absolute Gasteiger partial charge is 0.278 e. The summed E-state index contributed by atoms with van der Waals surface area (Å²) in [7, 11) is 0. The maximum atomic E-state index is 5.17. The van der Waals surface area contributed by atoms with Crippen molar-refractivity contribution in [2.24, 2.45) is 0 Å². The van der Waals surface area contributed by atoms with Gasteiger partial charge in [0.2, 0.25) is 11.9 Å². The standard InChI is InChI=1S/C53H33N9/c1-5-17-34(18-6-1)48-55-49(35-19-7-2-8-20-35)58-52(57-48)61-42-28-14-13-25-40(42)46-38(26-15-29-44(46)61)39-27-16-30-45-47(39)41-33-54-32-31-43(41)62(45)53-59-50(36-21-9-3-10-22-36)56-51(60-53)37-23-11-4-12-24-37/h1-33H. The van der Waals surface area contributed by atoms with E-state index < -0.39 is 0 Å². The van der Waals surface area contributed by atoms with E-state index >= 15 is 0 Å². The summed E-state index contributed by atoms with van der Waals surface area (Å²) >= 11 is 0. The van der Waals surface area contributed by atoms with Gasteiger partial charge in [-0.2, -0.15) is 19.9 Å². The van der Waals surface area contributed by atoms with Crippen LogP contribution in [0.2, 0.25) is 0 Å². The highest BCUT2D eigenvalue weighted by atomic mass is 15.2. The molecule has 7 aromatic carbocycles. The van der Waals surface area contributed by atoms with Crippen molar-refractivity contribution in [1.82, 2.24) is 44.0 Å². The normalized spacial score (nSPS) is 11.5. The number of hydrogen-bond donors (Lipinski definition) is 0. The minimum Gasteiger partial charge on any atom is -0.278 e. The number of hydrogen-bond acceptors (Lipinski definition) is 7. The number of fused-ring (bicyclic) bond motifs is 6. The molecule has 0 saturated heterocycles. The lowest BCUT2D eigenvalue weighted by Crippen LogP contribution is -2.06. The second kappa shape index (κ2) is 14.5. The van der Waals surface area contributed by atoms with Crippen LogP contribution in [0.15, 0.2) is 200 Å². The van der Waals surface area contributed by atoms with Crippen molar-refractivity contribution in [2.45, 2.75) is 0 Å². The number of rotatable bonds is 7. The summed E-state index contributed by atoms with van der Waals surface area (Å²) in [4.78, 5) is 35.3. The smallest absolute Gasteiger partial charge is 0.238 e. The van der Waals surface area contributed by atoms with Crippen LogP contribution in [0.5, 0.6) is 0 Å². The second-order valence-corrected chi connectivity index (χ2v) is 15.0. The molecule has 12 rings (SSSR count). The molecule has 0 amide bonds. The van der Waals surface area contributed by atoms with Crippen LogP contribution in [-0.2, 0) is 0 Å². The van der Waals surface area contributed by atoms with Crippen LogP contribution in [0, 0.1) is 0 Å². The molecule has 9 heteroatoms. The molecule has 0 bridgehead atoms. The molecule has 5 heterocycles. The fourth-order valence-electron chi connectivity index (χ4n) is 8.61. The van der Waals surface area contributed by atoms with Gasteiger partial charge in [0.1, 0.15) is 0 Å². The molecule has 0 fully saturated rings. The lowest BCUT2D eigenvalue weighted by atomic mass is 9.95. The van der Waals surface area contributed by atoms with E-state index in [-0.39, 0.29) is 0 Å². The monoisotopic (exact) mass is 795 g/mol. The molecule has 9 nitrogen and oxygen atoms in total. The zero-order valence-electron chi connectivity index (χ0n) is 33.1. The highest BCUT2D eigenvalue weighted by molar-refractivity contribution is 6.22. The van der Waals surface area contributed by atoms with Crippen LogP contribution in [0.3, 0.4) is 0 Å². The molecule has 12 aromatic rings. The molecule has 0 radical (unpaired) electrons. The Morgan fingerprint density at radius 3 is 1.11 bits per heavy atom. The van der Waals surface area contributed by atoms with E-state index in [1.807, 2.05) is 140 Å². The van der Waals surface area contributed by atoms with Gasteiger partial charge in [-0.3, -0.25) is 14.1 Å². The van der Waals surface area contributed by atoms with Gasteiger partial charge < -0.3 is 0 Å². The first-order valence-electron chi connectivity index (χ1n) is 20.4. The first-order chi connectivity index (χ1) is 30.8. The van der Waals surface area contributed by atoms with Gasteiger partial charge in [0.05, 0.1) is 22.1 Å². The van der Waals surface area contributed by atoms with Crippen LogP contribution in [-0.4, -0.2) is 44.0 Å². The number of pyridine rings is 1. The van der Waals surface area contributed by atoms with E-state index in [0.717, 1.165) is 77.0 Å². The minimum absolute atomic E-state index is 0.522. The van der Waals surface area contributed by atoms with Gasteiger partial charge in [-0.05, 0) is 35.4 Å². The highest BCUT2D eigenvalue weighted by Gasteiger charge is 2.24. The van der Waals surface area contributed by atoms with Crippen molar-refractivity contribution in [3.05, 3.63) is 200 Å². The van der Waals surface area contributed by atoms with Crippen LogP contribution in [0.25, 0.3) is 112 Å². The Morgan fingerprint density at radius 1 is 0.290 bits per heavy atom. The number of nitrogens with zero attached hydrogens (tertiary/aromatic N) is 9. The van der Waals surface area contributed by atoms with E-state index in [2.05, 4.69) is 74.8 Å². The molecule has 0 aliphatic heterocycles. The van der Waals surface area contributed by atoms with Crippen LogP contribution in [0.4, 0.5) is 0 Å². The zero-order valence-corrected chi connectivity index (χ0v) is 33.1. The molecule has 62 heavy (non-hydrogen) atoms. The molecule has 0 unspecified atom stereocenters. The fraction of sp³-hybridized carbons (Fsp3) is 0. The zero-order chi connectivity index (χ0) is 41.0. The Morgan fingerprint density at radius 2 is 0.661 bits per heavy atom. The third-order valence-electron chi connectivity index (χ3n) is 11.4. The van der Waals surface area contributed by atoms with E-state index in [1.54, 1.807) is 0 Å². The molecule has 0 aliphatic carbocycles. The Labute approximate surface area is 355 Å². The first kappa shape index (κ1) is 35.3. The van der Waals surface area contributed by atoms with Crippen molar-refractivity contribution in [1.29, 1.82) is 0 Å². The average molecular weight is 796 g/mol. The lowest BCUT2D eigenvalue weighted by molar-refractivity contribution is 0.952. The Kier molecular flexibility index (Phi) is 8.27. The van der Waals surface area contributed by atoms with Crippen molar-refractivity contribution in [3.63, 3.8) is 0 Å². The molecule has 0 aliphatic rings. The minimum atomic E-state index is 0.522. The third-order valence-corrected chi connectivity index (χ3v) is 11.4. The van der Waals surface area contributed by atoms with Crippen molar-refractivity contribution < 1.29 is 0 Å². The van der Waals surface area contributed by atoms with Gasteiger partial charge in [0, 0.05) is 56.2 Å². The summed E-state index contributed by atoms with van der Waals surface area (Å²) in [5.74, 6) is 3.46. The summed E-state index contributed by atoms with van der Waals surface area (Å²) in [5.41, 5.74) is 9.62. The topological polar surface area (TPSA) is 100 Å². The highest BCUT2D eigenvalue weighted by Crippen LogP contribution is 2.43. The van der Waals surface area contributed by atoms with Crippen LogP contribution >= 0.6 is 0 Å². The molecular formula is C53H33N9. The molecule has 0 N–H and O–H groups in total. The quantitative estimate of drug-likeness (QED) is 0.158. The first-order valence-corrected chi connectivity index (χ1v) is 20.4. The van der Waals surface area contributed by atoms with Crippen LogP contribution in [0.1, 0.15) is 0 Å². The van der Waals surface area contributed by atoms with Gasteiger partial charge in [-0.15, -0.1) is 0 Å². The average Bonchev–Trinajstić information content (AvgIpc) is 3.88. The summed E-state index contributed by atoms with van der Waals surface area (Å²) in [6.45, 7) is 0. The lowest BCUT2D eigenvalue weighted by Gasteiger charge is -2.12. The Balaban J connectivity index is 1.12.